The van der Waals surface area contributed by atoms with Gasteiger partial charge in [0.1, 0.15) is 0 Å². The van der Waals surface area contributed by atoms with Gasteiger partial charge in [0.15, 0.2) is 11.4 Å². The summed E-state index contributed by atoms with van der Waals surface area (Å²) in [4.78, 5) is 24.6. The average Bonchev–Trinajstić information content (AvgIpc) is 2.40. The fraction of sp³-hybridized carbons (Fsp3) is 0.308. The summed E-state index contributed by atoms with van der Waals surface area (Å²) in [6.07, 6.45) is -10.9. The molecular weight excluding hydrogens is 348 g/mol. The lowest BCUT2D eigenvalue weighted by Crippen LogP contribution is -2.26. The van der Waals surface area contributed by atoms with E-state index in [2.05, 4.69) is 11.6 Å². The largest absolute Gasteiger partial charge is 0.478 e. The van der Waals surface area contributed by atoms with Crippen molar-refractivity contribution in [1.29, 1.82) is 0 Å². The van der Waals surface area contributed by atoms with Crippen molar-refractivity contribution in [3.63, 3.8) is 0 Å². The van der Waals surface area contributed by atoms with Crippen LogP contribution in [0, 0.1) is 0 Å². The van der Waals surface area contributed by atoms with Gasteiger partial charge in [0.25, 0.3) is 0 Å². The van der Waals surface area contributed by atoms with Gasteiger partial charge in [-0.15, -0.1) is 6.58 Å². The molecule has 0 saturated carbocycles. The van der Waals surface area contributed by atoms with Crippen molar-refractivity contribution in [2.45, 2.75) is 25.2 Å². The van der Waals surface area contributed by atoms with Crippen LogP contribution in [0.5, 0.6) is 0 Å². The first-order valence-electron chi connectivity index (χ1n) is 6.11. The highest BCUT2D eigenvalue weighted by atomic mass is 19.4. The second kappa shape index (κ2) is 6.49. The molecule has 0 aliphatic heterocycles. The number of carbonyl (C=O) groups is 2. The minimum Gasteiger partial charge on any atom is -0.478 e. The van der Waals surface area contributed by atoms with Gasteiger partial charge in [-0.3, -0.25) is 0 Å². The predicted molar refractivity (Wildman–Crippen MR) is 66.7 cm³/mol. The van der Waals surface area contributed by atoms with Crippen LogP contribution in [-0.2, 0) is 18.8 Å². The minimum atomic E-state index is -5.52. The van der Waals surface area contributed by atoms with E-state index in [-0.39, 0.29) is 6.42 Å². The number of aromatic carboxylic acids is 2. The molecule has 0 unspecified atom stereocenters. The molecule has 2 N–H and O–H groups in total. The lowest BCUT2D eigenvalue weighted by molar-refractivity contribution is -0.150. The molecule has 5 nitrogen and oxygen atoms in total. The number of carboxylic acids is 2. The van der Waals surface area contributed by atoms with Gasteiger partial charge in [0, 0.05) is 0 Å². The first-order valence-corrected chi connectivity index (χ1v) is 6.11. The summed E-state index contributed by atoms with van der Waals surface area (Å²) in [6.45, 7) is 3.21. The smallest absolute Gasteiger partial charge is 0.434 e. The first-order chi connectivity index (χ1) is 10.8. The van der Waals surface area contributed by atoms with E-state index in [0.717, 1.165) is 6.08 Å². The number of aromatic nitrogens is 1. The Bertz CT molecular complexity index is 643. The molecule has 0 atom stereocenters. The highest BCUT2D eigenvalue weighted by Crippen LogP contribution is 2.39. The number of hydrogen-bond acceptors (Lipinski definition) is 3. The highest BCUT2D eigenvalue weighted by Gasteiger charge is 2.46. The zero-order chi connectivity index (χ0) is 18.9. The Labute approximate surface area is 130 Å². The van der Waals surface area contributed by atoms with Crippen LogP contribution in [-0.4, -0.2) is 27.1 Å². The SMILES string of the molecule is C=CCCc1c(C(=O)O)c(C(F)(F)F)nc(C(F)(F)F)c1C(=O)O. The van der Waals surface area contributed by atoms with Crippen LogP contribution in [0.3, 0.4) is 0 Å². The molecule has 0 radical (unpaired) electrons. The Hall–Kier alpha value is -2.59. The van der Waals surface area contributed by atoms with E-state index < -0.39 is 58.8 Å². The summed E-state index contributed by atoms with van der Waals surface area (Å²) < 4.78 is 77.7. The van der Waals surface area contributed by atoms with Crippen LogP contribution < -0.4 is 0 Å². The summed E-state index contributed by atoms with van der Waals surface area (Å²) in [6, 6.07) is 0. The Balaban J connectivity index is 4.06. The maximum absolute atomic E-state index is 13.0. The van der Waals surface area contributed by atoms with Crippen molar-refractivity contribution < 1.29 is 46.1 Å². The second-order valence-corrected chi connectivity index (χ2v) is 4.47. The van der Waals surface area contributed by atoms with Crippen LogP contribution in [0.4, 0.5) is 26.3 Å². The fourth-order valence-corrected chi connectivity index (χ4v) is 2.00. The van der Waals surface area contributed by atoms with Crippen LogP contribution in [0.2, 0.25) is 0 Å². The van der Waals surface area contributed by atoms with E-state index in [4.69, 9.17) is 10.2 Å². The third kappa shape index (κ3) is 3.84. The molecule has 0 amide bonds. The van der Waals surface area contributed by atoms with E-state index in [9.17, 15) is 35.9 Å². The molecule has 132 valence electrons. The molecule has 24 heavy (non-hydrogen) atoms. The third-order valence-corrected chi connectivity index (χ3v) is 2.86. The zero-order valence-electron chi connectivity index (χ0n) is 11.6. The normalized spacial score (nSPS) is 12.1. The number of hydrogen-bond donors (Lipinski definition) is 2. The van der Waals surface area contributed by atoms with Gasteiger partial charge in [0.2, 0.25) is 0 Å². The molecule has 0 aromatic carbocycles. The lowest BCUT2D eigenvalue weighted by Gasteiger charge is -2.19. The maximum Gasteiger partial charge on any atom is 0.434 e. The van der Waals surface area contributed by atoms with Crippen LogP contribution in [0.15, 0.2) is 12.7 Å². The zero-order valence-corrected chi connectivity index (χ0v) is 11.6. The number of alkyl halides is 6. The Kier molecular flexibility index (Phi) is 5.26. The van der Waals surface area contributed by atoms with Crippen LogP contribution in [0.25, 0.3) is 0 Å². The van der Waals surface area contributed by atoms with Gasteiger partial charge >= 0.3 is 24.3 Å². The van der Waals surface area contributed by atoms with Gasteiger partial charge in [0.05, 0.1) is 11.1 Å². The van der Waals surface area contributed by atoms with Gasteiger partial charge in [-0.1, -0.05) is 6.08 Å². The Morgan fingerprint density at radius 2 is 1.33 bits per heavy atom. The predicted octanol–water partition coefficient (Wildman–Crippen LogP) is 3.63. The van der Waals surface area contributed by atoms with E-state index in [1.54, 1.807) is 0 Å². The molecule has 11 heteroatoms. The number of pyridine rings is 1. The lowest BCUT2D eigenvalue weighted by atomic mass is 9.93. The van der Waals surface area contributed by atoms with Gasteiger partial charge in [-0.05, 0) is 18.4 Å². The average molecular weight is 357 g/mol. The standard InChI is InChI=1S/C13H9F6NO4/c1-2-3-4-5-6(10(21)22)8(12(14,15)16)20-9(13(17,18)19)7(5)11(23)24/h2H,1,3-4H2,(H,21,22)(H,23,24). The molecule has 0 bridgehead atoms. The van der Waals surface area contributed by atoms with Crippen molar-refractivity contribution in [3.05, 3.63) is 40.7 Å². The number of rotatable bonds is 5. The summed E-state index contributed by atoms with van der Waals surface area (Å²) in [5.74, 6) is -4.46. The summed E-state index contributed by atoms with van der Waals surface area (Å²) in [7, 11) is 0. The molecule has 0 aliphatic carbocycles. The van der Waals surface area contributed by atoms with E-state index in [0.29, 0.717) is 0 Å². The summed E-state index contributed by atoms with van der Waals surface area (Å²) in [5.41, 5.74) is -8.94. The second-order valence-electron chi connectivity index (χ2n) is 4.47. The summed E-state index contributed by atoms with van der Waals surface area (Å²) in [5, 5.41) is 17.9. The summed E-state index contributed by atoms with van der Waals surface area (Å²) >= 11 is 0. The molecular formula is C13H9F6NO4. The first kappa shape index (κ1) is 19.5. The van der Waals surface area contributed by atoms with Crippen molar-refractivity contribution in [2.75, 3.05) is 0 Å². The Morgan fingerprint density at radius 1 is 0.958 bits per heavy atom. The van der Waals surface area contributed by atoms with Crippen LogP contribution in [0.1, 0.15) is 44.1 Å². The van der Waals surface area contributed by atoms with Crippen molar-refractivity contribution in [1.82, 2.24) is 4.98 Å². The molecule has 0 saturated heterocycles. The monoisotopic (exact) mass is 357 g/mol. The number of nitrogens with zero attached hydrogens (tertiary/aromatic N) is 1. The highest BCUT2D eigenvalue weighted by molar-refractivity contribution is 5.98. The quantitative estimate of drug-likeness (QED) is 0.621. The topological polar surface area (TPSA) is 87.5 Å². The van der Waals surface area contributed by atoms with Crippen molar-refractivity contribution in [2.24, 2.45) is 0 Å². The van der Waals surface area contributed by atoms with Crippen molar-refractivity contribution >= 4 is 11.9 Å². The fourth-order valence-electron chi connectivity index (χ4n) is 2.00. The molecule has 1 aromatic rings. The molecule has 1 heterocycles. The van der Waals surface area contributed by atoms with E-state index in [1.165, 1.54) is 0 Å². The number of carboxylic acid groups (broad SMARTS) is 2. The maximum atomic E-state index is 13.0. The van der Waals surface area contributed by atoms with Gasteiger partial charge in [-0.2, -0.15) is 26.3 Å². The van der Waals surface area contributed by atoms with Crippen LogP contribution >= 0.6 is 0 Å². The van der Waals surface area contributed by atoms with E-state index >= 15 is 0 Å². The number of halogens is 6. The van der Waals surface area contributed by atoms with Crippen molar-refractivity contribution in [3.8, 4) is 0 Å². The molecule has 0 aliphatic rings. The van der Waals surface area contributed by atoms with E-state index in [1.807, 2.05) is 0 Å². The molecule has 0 fully saturated rings. The minimum absolute atomic E-state index is 0.237. The Morgan fingerprint density at radius 3 is 1.58 bits per heavy atom. The third-order valence-electron chi connectivity index (χ3n) is 2.86. The molecule has 0 spiro atoms. The molecule has 1 aromatic heterocycles. The van der Waals surface area contributed by atoms with Gasteiger partial charge < -0.3 is 10.2 Å². The number of allylic oxidation sites excluding steroid dienone is 1. The molecule has 1 rings (SSSR count). The van der Waals surface area contributed by atoms with Gasteiger partial charge in [-0.25, -0.2) is 14.6 Å².